The van der Waals surface area contributed by atoms with Crippen molar-refractivity contribution in [3.8, 4) is 0 Å². The largest absolute Gasteiger partial charge is 0.369 e. The first-order chi connectivity index (χ1) is 11.7. The van der Waals surface area contributed by atoms with Gasteiger partial charge in [-0.25, -0.2) is 0 Å². The average Bonchev–Trinajstić information content (AvgIpc) is 3.08. The van der Waals surface area contributed by atoms with Gasteiger partial charge in [0, 0.05) is 43.1 Å². The Kier molecular flexibility index (Phi) is 5.54. The number of hydrogen-bond donors (Lipinski definition) is 2. The Morgan fingerprint density at radius 1 is 1.33 bits per heavy atom. The summed E-state index contributed by atoms with van der Waals surface area (Å²) in [7, 11) is 1.79. The molecule has 24 heavy (non-hydrogen) atoms. The van der Waals surface area contributed by atoms with Crippen LogP contribution in [0.1, 0.15) is 12.1 Å². The van der Waals surface area contributed by atoms with Gasteiger partial charge in [-0.2, -0.15) is 0 Å². The van der Waals surface area contributed by atoms with Crippen molar-refractivity contribution < 1.29 is 0 Å². The van der Waals surface area contributed by atoms with E-state index in [-0.39, 0.29) is 0 Å². The van der Waals surface area contributed by atoms with E-state index in [4.69, 9.17) is 11.6 Å². The quantitative estimate of drug-likeness (QED) is 0.662. The topological polar surface area (TPSA) is 52.6 Å². The summed E-state index contributed by atoms with van der Waals surface area (Å²) in [4.78, 5) is 11.0. The van der Waals surface area contributed by atoms with Crippen LogP contribution in [0.4, 0.5) is 5.69 Å². The van der Waals surface area contributed by atoms with Crippen LogP contribution in [0.25, 0.3) is 0 Å². The van der Waals surface area contributed by atoms with Crippen LogP contribution in [0.5, 0.6) is 0 Å². The van der Waals surface area contributed by atoms with Crippen LogP contribution in [-0.2, 0) is 6.54 Å². The molecule has 0 aliphatic carbocycles. The zero-order valence-corrected chi connectivity index (χ0v) is 14.5. The van der Waals surface area contributed by atoms with E-state index in [0.717, 1.165) is 36.2 Å². The van der Waals surface area contributed by atoms with Crippen LogP contribution in [0.15, 0.2) is 53.7 Å². The number of aliphatic imine (C=N–C) groups is 1. The number of rotatable bonds is 4. The first kappa shape index (κ1) is 16.6. The predicted octanol–water partition coefficient (Wildman–Crippen LogP) is 2.68. The Morgan fingerprint density at radius 2 is 2.25 bits per heavy atom. The molecule has 1 fully saturated rings. The maximum atomic E-state index is 6.09. The normalized spacial score (nSPS) is 17.8. The highest BCUT2D eigenvalue weighted by atomic mass is 35.5. The molecule has 0 radical (unpaired) electrons. The molecule has 5 nitrogen and oxygen atoms in total. The molecule has 6 heteroatoms. The number of aromatic nitrogens is 1. The lowest BCUT2D eigenvalue weighted by atomic mass is 10.2. The fourth-order valence-corrected chi connectivity index (χ4v) is 3.03. The van der Waals surface area contributed by atoms with Gasteiger partial charge in [0.15, 0.2) is 5.96 Å². The van der Waals surface area contributed by atoms with Crippen LogP contribution in [-0.4, -0.2) is 37.1 Å². The molecule has 2 N–H and O–H groups in total. The van der Waals surface area contributed by atoms with E-state index in [1.807, 2.05) is 36.4 Å². The third-order valence-electron chi connectivity index (χ3n) is 4.09. The van der Waals surface area contributed by atoms with Crippen molar-refractivity contribution >= 4 is 23.2 Å². The van der Waals surface area contributed by atoms with Crippen LogP contribution in [0, 0.1) is 0 Å². The number of anilines is 1. The van der Waals surface area contributed by atoms with E-state index < -0.39 is 0 Å². The molecule has 1 unspecified atom stereocenters. The minimum Gasteiger partial charge on any atom is -0.369 e. The van der Waals surface area contributed by atoms with Crippen molar-refractivity contribution in [2.75, 3.05) is 25.0 Å². The molecule has 0 saturated carbocycles. The SMILES string of the molecule is CN=C(NCc1ccccn1)NC1CCN(c2cccc(Cl)c2)C1. The van der Waals surface area contributed by atoms with Crippen molar-refractivity contribution in [2.45, 2.75) is 19.0 Å². The van der Waals surface area contributed by atoms with E-state index in [2.05, 4.69) is 31.6 Å². The minimum atomic E-state index is 0.360. The Bertz CT molecular complexity index is 689. The van der Waals surface area contributed by atoms with E-state index in [0.29, 0.717) is 12.6 Å². The number of halogens is 1. The van der Waals surface area contributed by atoms with Gasteiger partial charge >= 0.3 is 0 Å². The second kappa shape index (κ2) is 8.02. The summed E-state index contributed by atoms with van der Waals surface area (Å²) in [5.41, 5.74) is 2.16. The van der Waals surface area contributed by atoms with Gasteiger partial charge in [-0.15, -0.1) is 0 Å². The fraction of sp³-hybridized carbons (Fsp3) is 0.333. The van der Waals surface area contributed by atoms with E-state index >= 15 is 0 Å². The molecule has 1 saturated heterocycles. The summed E-state index contributed by atoms with van der Waals surface area (Å²) in [6.45, 7) is 2.60. The van der Waals surface area contributed by atoms with Gasteiger partial charge in [-0.05, 0) is 36.8 Å². The van der Waals surface area contributed by atoms with Crippen molar-refractivity contribution in [2.24, 2.45) is 4.99 Å². The van der Waals surface area contributed by atoms with Gasteiger partial charge in [0.05, 0.1) is 12.2 Å². The third-order valence-corrected chi connectivity index (χ3v) is 4.32. The van der Waals surface area contributed by atoms with Crippen molar-refractivity contribution in [1.82, 2.24) is 15.6 Å². The summed E-state index contributed by atoms with van der Waals surface area (Å²) in [5.74, 6) is 0.804. The highest BCUT2D eigenvalue weighted by Crippen LogP contribution is 2.23. The molecule has 2 aromatic rings. The minimum absolute atomic E-state index is 0.360. The first-order valence-electron chi connectivity index (χ1n) is 8.12. The van der Waals surface area contributed by atoms with Crippen molar-refractivity contribution in [3.63, 3.8) is 0 Å². The third kappa shape index (κ3) is 4.38. The van der Waals surface area contributed by atoms with Gasteiger partial charge in [0.2, 0.25) is 0 Å². The zero-order valence-electron chi connectivity index (χ0n) is 13.7. The van der Waals surface area contributed by atoms with Gasteiger partial charge < -0.3 is 15.5 Å². The van der Waals surface area contributed by atoms with E-state index in [1.54, 1.807) is 13.2 Å². The smallest absolute Gasteiger partial charge is 0.191 e. The highest BCUT2D eigenvalue weighted by Gasteiger charge is 2.23. The lowest BCUT2D eigenvalue weighted by Gasteiger charge is -2.20. The molecular weight excluding hydrogens is 322 g/mol. The molecule has 0 bridgehead atoms. The van der Waals surface area contributed by atoms with Crippen LogP contribution >= 0.6 is 11.6 Å². The van der Waals surface area contributed by atoms with E-state index in [9.17, 15) is 0 Å². The molecule has 1 atom stereocenters. The standard InChI is InChI=1S/C18H22ClN5/c1-20-18(22-12-15-6-2-3-9-21-15)23-16-8-10-24(13-16)17-7-4-5-14(19)11-17/h2-7,9,11,16H,8,10,12-13H2,1H3,(H2,20,22,23). The zero-order chi connectivity index (χ0) is 16.8. The molecule has 1 aliphatic rings. The maximum Gasteiger partial charge on any atom is 0.191 e. The number of nitrogens with one attached hydrogen (secondary N) is 2. The Labute approximate surface area is 147 Å². The fourth-order valence-electron chi connectivity index (χ4n) is 2.85. The van der Waals surface area contributed by atoms with Gasteiger partial charge in [-0.1, -0.05) is 23.7 Å². The average molecular weight is 344 g/mol. The molecule has 0 spiro atoms. The highest BCUT2D eigenvalue weighted by molar-refractivity contribution is 6.30. The summed E-state index contributed by atoms with van der Waals surface area (Å²) in [6, 6.07) is 14.3. The first-order valence-corrected chi connectivity index (χ1v) is 8.50. The maximum absolute atomic E-state index is 6.09. The lowest BCUT2D eigenvalue weighted by molar-refractivity contribution is 0.647. The summed E-state index contributed by atoms with van der Waals surface area (Å²) < 4.78 is 0. The molecule has 3 rings (SSSR count). The van der Waals surface area contributed by atoms with Crippen molar-refractivity contribution in [3.05, 3.63) is 59.4 Å². The summed E-state index contributed by atoms with van der Waals surface area (Å²) in [6.07, 6.45) is 2.86. The Hall–Kier alpha value is -2.27. The second-order valence-electron chi connectivity index (χ2n) is 5.80. The number of nitrogens with zero attached hydrogens (tertiary/aromatic N) is 3. The van der Waals surface area contributed by atoms with Gasteiger partial charge in [-0.3, -0.25) is 9.98 Å². The van der Waals surface area contributed by atoms with E-state index in [1.165, 1.54) is 5.69 Å². The Morgan fingerprint density at radius 3 is 3.00 bits per heavy atom. The molecule has 2 heterocycles. The monoisotopic (exact) mass is 343 g/mol. The molecule has 126 valence electrons. The second-order valence-corrected chi connectivity index (χ2v) is 6.24. The van der Waals surface area contributed by atoms with Gasteiger partial charge in [0.25, 0.3) is 0 Å². The number of hydrogen-bond acceptors (Lipinski definition) is 3. The van der Waals surface area contributed by atoms with Crippen LogP contribution in [0.2, 0.25) is 5.02 Å². The Balaban J connectivity index is 1.52. The predicted molar refractivity (Wildman–Crippen MR) is 99.6 cm³/mol. The molecular formula is C18H22ClN5. The lowest BCUT2D eigenvalue weighted by Crippen LogP contribution is -2.44. The molecule has 1 aliphatic heterocycles. The van der Waals surface area contributed by atoms with Crippen molar-refractivity contribution in [1.29, 1.82) is 0 Å². The summed E-state index contributed by atoms with van der Waals surface area (Å²) >= 11 is 6.09. The van der Waals surface area contributed by atoms with Crippen LogP contribution < -0.4 is 15.5 Å². The summed E-state index contributed by atoms with van der Waals surface area (Å²) in [5, 5.41) is 7.57. The number of guanidine groups is 1. The molecule has 1 aromatic carbocycles. The number of benzene rings is 1. The van der Waals surface area contributed by atoms with Gasteiger partial charge in [0.1, 0.15) is 0 Å². The van der Waals surface area contributed by atoms with Crippen LogP contribution in [0.3, 0.4) is 0 Å². The number of pyridine rings is 1. The molecule has 0 amide bonds. The molecule has 1 aromatic heterocycles.